The molecule has 3 heterocycles. The number of hydrogen-bond acceptors (Lipinski definition) is 4. The average molecular weight is 316 g/mol. The highest BCUT2D eigenvalue weighted by atomic mass is 32.1. The molecule has 0 spiro atoms. The van der Waals surface area contributed by atoms with Gasteiger partial charge in [-0.25, -0.2) is 4.98 Å². The van der Waals surface area contributed by atoms with E-state index in [9.17, 15) is 4.79 Å². The Kier molecular flexibility index (Phi) is 3.50. The smallest absolute Gasteiger partial charge is 0.230 e. The lowest BCUT2D eigenvalue weighted by Crippen LogP contribution is -2.42. The monoisotopic (exact) mass is 316 g/mol. The Bertz CT molecular complexity index is 674. The fourth-order valence-electron chi connectivity index (χ4n) is 3.16. The molecule has 22 heavy (non-hydrogen) atoms. The molecule has 0 radical (unpaired) electrons. The number of hydrogen-bond donors (Lipinski definition) is 1. The second-order valence-electron chi connectivity index (χ2n) is 6.27. The van der Waals surface area contributed by atoms with E-state index in [0.29, 0.717) is 6.04 Å². The Morgan fingerprint density at radius 2 is 2.36 bits per heavy atom. The van der Waals surface area contributed by atoms with E-state index in [1.807, 2.05) is 17.9 Å². The van der Waals surface area contributed by atoms with Gasteiger partial charge in [0.2, 0.25) is 5.91 Å². The van der Waals surface area contributed by atoms with Crippen LogP contribution in [0.1, 0.15) is 35.0 Å². The van der Waals surface area contributed by atoms with Crippen LogP contribution in [0, 0.1) is 0 Å². The van der Waals surface area contributed by atoms with Crippen molar-refractivity contribution >= 4 is 17.2 Å². The molecule has 1 amide bonds. The molecule has 1 N–H and O–H groups in total. The van der Waals surface area contributed by atoms with Gasteiger partial charge in [0.1, 0.15) is 0 Å². The van der Waals surface area contributed by atoms with Crippen molar-refractivity contribution in [2.24, 2.45) is 7.05 Å². The quantitative estimate of drug-likeness (QED) is 0.937. The van der Waals surface area contributed by atoms with Crippen molar-refractivity contribution in [3.05, 3.63) is 40.1 Å². The molecule has 5 nitrogen and oxygen atoms in total. The molecule has 1 saturated carbocycles. The summed E-state index contributed by atoms with van der Waals surface area (Å²) in [4.78, 5) is 20.8. The largest absolute Gasteiger partial charge is 0.353 e. The minimum absolute atomic E-state index is 0.114. The summed E-state index contributed by atoms with van der Waals surface area (Å²) in [5.41, 5.74) is 2.13. The molecule has 6 heteroatoms. The van der Waals surface area contributed by atoms with Gasteiger partial charge in [-0.15, -0.1) is 11.3 Å². The van der Waals surface area contributed by atoms with Gasteiger partial charge in [0.25, 0.3) is 0 Å². The Hall–Kier alpha value is -1.66. The van der Waals surface area contributed by atoms with Gasteiger partial charge in [-0.1, -0.05) is 6.07 Å². The predicted octanol–water partition coefficient (Wildman–Crippen LogP) is 1.86. The van der Waals surface area contributed by atoms with E-state index in [1.165, 1.54) is 4.88 Å². The fourth-order valence-corrected chi connectivity index (χ4v) is 3.90. The Balaban J connectivity index is 1.57. The normalized spacial score (nSPS) is 21.6. The van der Waals surface area contributed by atoms with Crippen LogP contribution in [0.2, 0.25) is 0 Å². The van der Waals surface area contributed by atoms with E-state index in [1.54, 1.807) is 11.3 Å². The Morgan fingerprint density at radius 1 is 1.50 bits per heavy atom. The van der Waals surface area contributed by atoms with E-state index < -0.39 is 0 Å². The summed E-state index contributed by atoms with van der Waals surface area (Å²) >= 11 is 1.77. The zero-order valence-corrected chi connectivity index (χ0v) is 13.5. The van der Waals surface area contributed by atoms with Crippen LogP contribution >= 0.6 is 11.3 Å². The second-order valence-corrected chi connectivity index (χ2v) is 7.30. The highest BCUT2D eigenvalue weighted by molar-refractivity contribution is 7.09. The standard InChI is InChI=1S/C16H20N4OS/c1-19-10-17-14-9-20(7-12-3-2-6-22-12)8-13(15(14)19)16(21)18-11-4-5-11/h2-3,6,10-11,13H,4-5,7-9H2,1H3,(H,18,21)/t13-/m1/s1. The number of aryl methyl sites for hydroxylation is 1. The summed E-state index contributed by atoms with van der Waals surface area (Å²) in [6, 6.07) is 4.63. The molecule has 0 aromatic carbocycles. The first-order valence-corrected chi connectivity index (χ1v) is 8.64. The summed E-state index contributed by atoms with van der Waals surface area (Å²) in [6.07, 6.45) is 4.07. The molecule has 4 rings (SSSR count). The molecular weight excluding hydrogens is 296 g/mol. The Morgan fingerprint density at radius 3 is 3.09 bits per heavy atom. The summed E-state index contributed by atoms with van der Waals surface area (Å²) in [6.45, 7) is 2.48. The van der Waals surface area contributed by atoms with Crippen LogP contribution < -0.4 is 5.32 Å². The van der Waals surface area contributed by atoms with Crippen LogP contribution in [0.4, 0.5) is 0 Å². The lowest BCUT2D eigenvalue weighted by Gasteiger charge is -2.32. The van der Waals surface area contributed by atoms with Crippen LogP contribution in [0.25, 0.3) is 0 Å². The van der Waals surface area contributed by atoms with E-state index >= 15 is 0 Å². The number of carbonyl (C=O) groups excluding carboxylic acids is 1. The maximum atomic E-state index is 12.6. The molecule has 2 aromatic heterocycles. The van der Waals surface area contributed by atoms with Crippen LogP contribution in [0.5, 0.6) is 0 Å². The molecule has 1 aliphatic carbocycles. The lowest BCUT2D eigenvalue weighted by atomic mass is 9.97. The fraction of sp³-hybridized carbons (Fsp3) is 0.500. The summed E-state index contributed by atoms with van der Waals surface area (Å²) < 4.78 is 2.01. The first-order chi connectivity index (χ1) is 10.7. The third-order valence-corrected chi connectivity index (χ3v) is 5.27. The molecule has 0 saturated heterocycles. The number of fused-ring (bicyclic) bond motifs is 1. The van der Waals surface area contributed by atoms with Gasteiger partial charge in [-0.2, -0.15) is 0 Å². The van der Waals surface area contributed by atoms with Crippen molar-refractivity contribution < 1.29 is 4.79 Å². The summed E-state index contributed by atoms with van der Waals surface area (Å²) in [5.74, 6) is 0.0417. The van der Waals surface area contributed by atoms with Gasteiger partial charge < -0.3 is 9.88 Å². The number of nitrogens with zero attached hydrogens (tertiary/aromatic N) is 3. The van der Waals surface area contributed by atoms with Crippen molar-refractivity contribution in [2.45, 2.75) is 37.9 Å². The van der Waals surface area contributed by atoms with Gasteiger partial charge >= 0.3 is 0 Å². The molecule has 1 atom stereocenters. The lowest BCUT2D eigenvalue weighted by molar-refractivity contribution is -0.123. The molecule has 0 unspecified atom stereocenters. The number of rotatable bonds is 4. The topological polar surface area (TPSA) is 50.2 Å². The average Bonchev–Trinajstić information content (AvgIpc) is 3.02. The molecule has 116 valence electrons. The highest BCUT2D eigenvalue weighted by Gasteiger charge is 2.36. The second kappa shape index (κ2) is 5.52. The van der Waals surface area contributed by atoms with Crippen LogP contribution in [-0.4, -0.2) is 32.9 Å². The first-order valence-electron chi connectivity index (χ1n) is 7.76. The van der Waals surface area contributed by atoms with Gasteiger partial charge in [0, 0.05) is 37.6 Å². The number of imidazole rings is 1. The highest BCUT2D eigenvalue weighted by Crippen LogP contribution is 2.30. The van der Waals surface area contributed by atoms with E-state index in [2.05, 4.69) is 32.7 Å². The molecule has 2 aromatic rings. The van der Waals surface area contributed by atoms with Crippen molar-refractivity contribution in [3.63, 3.8) is 0 Å². The van der Waals surface area contributed by atoms with Crippen molar-refractivity contribution in [2.75, 3.05) is 6.54 Å². The van der Waals surface area contributed by atoms with E-state index in [4.69, 9.17) is 0 Å². The van der Waals surface area contributed by atoms with Crippen molar-refractivity contribution in [3.8, 4) is 0 Å². The number of aromatic nitrogens is 2. The van der Waals surface area contributed by atoms with Gasteiger partial charge in [-0.05, 0) is 24.3 Å². The predicted molar refractivity (Wildman–Crippen MR) is 85.5 cm³/mol. The van der Waals surface area contributed by atoms with Gasteiger partial charge in [-0.3, -0.25) is 9.69 Å². The van der Waals surface area contributed by atoms with Crippen LogP contribution in [0.15, 0.2) is 23.8 Å². The molecule has 1 aliphatic heterocycles. The summed E-state index contributed by atoms with van der Waals surface area (Å²) in [7, 11) is 1.98. The number of amides is 1. The molecule has 0 bridgehead atoms. The summed E-state index contributed by atoms with van der Waals surface area (Å²) in [5, 5.41) is 5.26. The number of thiophene rings is 1. The minimum atomic E-state index is -0.114. The first kappa shape index (κ1) is 14.0. The number of carbonyl (C=O) groups is 1. The maximum Gasteiger partial charge on any atom is 0.230 e. The van der Waals surface area contributed by atoms with Crippen LogP contribution in [-0.2, 0) is 24.9 Å². The zero-order valence-electron chi connectivity index (χ0n) is 12.7. The van der Waals surface area contributed by atoms with Crippen LogP contribution in [0.3, 0.4) is 0 Å². The maximum absolute atomic E-state index is 12.6. The van der Waals surface area contributed by atoms with Crippen molar-refractivity contribution in [1.82, 2.24) is 19.8 Å². The van der Waals surface area contributed by atoms with E-state index in [0.717, 1.165) is 43.9 Å². The third-order valence-electron chi connectivity index (χ3n) is 4.41. The third kappa shape index (κ3) is 2.68. The zero-order chi connectivity index (χ0) is 15.1. The van der Waals surface area contributed by atoms with Gasteiger partial charge in [0.05, 0.1) is 23.6 Å². The van der Waals surface area contributed by atoms with E-state index in [-0.39, 0.29) is 11.8 Å². The number of nitrogens with one attached hydrogen (secondary N) is 1. The Labute approximate surface area is 134 Å². The molecule has 2 aliphatic rings. The van der Waals surface area contributed by atoms with Crippen molar-refractivity contribution in [1.29, 1.82) is 0 Å². The minimum Gasteiger partial charge on any atom is -0.353 e. The van der Waals surface area contributed by atoms with Gasteiger partial charge in [0.15, 0.2) is 0 Å². The molecule has 1 fully saturated rings. The SMILES string of the molecule is Cn1cnc2c1[C@H](C(=O)NC1CC1)CN(Cc1cccs1)C2. The molecular formula is C16H20N4OS.